The Morgan fingerprint density at radius 1 is 1.14 bits per heavy atom. The fourth-order valence-corrected chi connectivity index (χ4v) is 3.70. The molecule has 2 aliphatic rings. The van der Waals surface area contributed by atoms with E-state index in [9.17, 15) is 34.7 Å². The number of likely N-dealkylation sites (tertiary alicyclic amines) is 1. The molecule has 3 amide bonds. The Labute approximate surface area is 165 Å². The quantitative estimate of drug-likeness (QED) is 0.374. The van der Waals surface area contributed by atoms with Gasteiger partial charge in [0.05, 0.1) is 10.3 Å². The van der Waals surface area contributed by atoms with Gasteiger partial charge in [0.15, 0.2) is 12.2 Å². The topological polar surface area (TPSA) is 162 Å². The second-order valence-electron chi connectivity index (χ2n) is 7.29. The molecule has 0 aliphatic carbocycles. The number of aliphatic hydroxyl groups excluding tert-OH is 2. The van der Waals surface area contributed by atoms with Crippen molar-refractivity contribution in [2.24, 2.45) is 5.41 Å². The summed E-state index contributed by atoms with van der Waals surface area (Å²) in [5.74, 6) is -1.82. The molecule has 0 saturated carbocycles. The number of amides is 3. The van der Waals surface area contributed by atoms with Gasteiger partial charge in [-0.25, -0.2) is 0 Å². The molecule has 1 spiro atoms. The second kappa shape index (κ2) is 8.13. The molecule has 4 N–H and O–H groups in total. The molecule has 1 aromatic carbocycles. The Morgan fingerprint density at radius 3 is 2.28 bits per heavy atom. The van der Waals surface area contributed by atoms with Gasteiger partial charge in [0.25, 0.3) is 17.5 Å². The van der Waals surface area contributed by atoms with Crippen LogP contribution in [-0.4, -0.2) is 69.6 Å². The molecular formula is C18H22N4O7. The van der Waals surface area contributed by atoms with Crippen LogP contribution < -0.4 is 10.6 Å². The van der Waals surface area contributed by atoms with Crippen LogP contribution in [0.4, 0.5) is 11.4 Å². The summed E-state index contributed by atoms with van der Waals surface area (Å²) in [6, 6.07) is 4.89. The lowest BCUT2D eigenvalue weighted by molar-refractivity contribution is -0.384. The minimum absolute atomic E-state index is 0.0207. The first-order chi connectivity index (χ1) is 13.7. The average Bonchev–Trinajstić information content (AvgIpc) is 3.07. The van der Waals surface area contributed by atoms with Gasteiger partial charge < -0.3 is 25.7 Å². The summed E-state index contributed by atoms with van der Waals surface area (Å²) in [4.78, 5) is 48.0. The Bertz CT molecular complexity index is 818. The third-order valence-corrected chi connectivity index (χ3v) is 5.57. The normalized spacial score (nSPS) is 20.1. The fraction of sp³-hybridized carbons (Fsp3) is 0.500. The van der Waals surface area contributed by atoms with E-state index in [0.717, 1.165) is 0 Å². The molecule has 2 atom stereocenters. The molecule has 29 heavy (non-hydrogen) atoms. The number of hydrogen-bond acceptors (Lipinski definition) is 7. The fourth-order valence-electron chi connectivity index (χ4n) is 3.70. The lowest BCUT2D eigenvalue weighted by atomic mass is 9.77. The Kier molecular flexibility index (Phi) is 5.80. The van der Waals surface area contributed by atoms with Crippen molar-refractivity contribution < 1.29 is 29.5 Å². The van der Waals surface area contributed by atoms with Crippen molar-refractivity contribution in [2.75, 3.05) is 25.0 Å². The standard InChI is InChI=1S/C18H22N4O7/c23-13(15(25)20-11-1-3-12(4-2-11)22(28)29)14(24)16(26)21-9-6-18(7-10-21)5-8-19-17(18)27/h1-4,13-14,23-24H,5-10H2,(H,19,27)(H,20,25)/t13-,14-/m0/s1. The predicted octanol–water partition coefficient (Wildman–Crippen LogP) is -0.616. The van der Waals surface area contributed by atoms with Crippen molar-refractivity contribution in [2.45, 2.75) is 31.5 Å². The lowest BCUT2D eigenvalue weighted by Gasteiger charge is -2.38. The molecule has 2 heterocycles. The number of nitrogens with one attached hydrogen (secondary N) is 2. The molecule has 3 rings (SSSR count). The minimum Gasteiger partial charge on any atom is -0.380 e. The van der Waals surface area contributed by atoms with Crippen LogP contribution in [0.2, 0.25) is 0 Å². The number of nitro groups is 1. The molecule has 11 heteroatoms. The summed E-state index contributed by atoms with van der Waals surface area (Å²) in [6.07, 6.45) is -2.34. The summed E-state index contributed by atoms with van der Waals surface area (Å²) >= 11 is 0. The van der Waals surface area contributed by atoms with Crippen molar-refractivity contribution in [3.05, 3.63) is 34.4 Å². The number of carbonyl (C=O) groups is 3. The number of benzene rings is 1. The van der Waals surface area contributed by atoms with E-state index in [1.807, 2.05) is 0 Å². The van der Waals surface area contributed by atoms with Gasteiger partial charge >= 0.3 is 0 Å². The summed E-state index contributed by atoms with van der Waals surface area (Å²) in [5.41, 5.74) is -0.475. The first-order valence-corrected chi connectivity index (χ1v) is 9.22. The number of non-ortho nitro benzene ring substituents is 1. The predicted molar refractivity (Wildman–Crippen MR) is 99.6 cm³/mol. The van der Waals surface area contributed by atoms with Gasteiger partial charge in [-0.2, -0.15) is 0 Å². The molecular weight excluding hydrogens is 384 g/mol. The summed E-state index contributed by atoms with van der Waals surface area (Å²) in [7, 11) is 0. The van der Waals surface area contributed by atoms with Gasteiger partial charge in [0.1, 0.15) is 0 Å². The first kappa shape index (κ1) is 20.7. The van der Waals surface area contributed by atoms with Crippen LogP contribution >= 0.6 is 0 Å². The van der Waals surface area contributed by atoms with E-state index < -0.39 is 34.4 Å². The maximum atomic E-state index is 12.5. The number of carbonyl (C=O) groups excluding carboxylic acids is 3. The highest BCUT2D eigenvalue weighted by atomic mass is 16.6. The molecule has 11 nitrogen and oxygen atoms in total. The average molecular weight is 406 g/mol. The van der Waals surface area contributed by atoms with E-state index in [-0.39, 0.29) is 30.4 Å². The van der Waals surface area contributed by atoms with E-state index in [4.69, 9.17) is 0 Å². The van der Waals surface area contributed by atoms with Gasteiger partial charge in [-0.1, -0.05) is 0 Å². The lowest BCUT2D eigenvalue weighted by Crippen LogP contribution is -2.53. The van der Waals surface area contributed by atoms with E-state index >= 15 is 0 Å². The van der Waals surface area contributed by atoms with Crippen molar-refractivity contribution >= 4 is 29.1 Å². The Hall–Kier alpha value is -3.05. The number of nitro benzene ring substituents is 1. The molecule has 2 fully saturated rings. The van der Waals surface area contributed by atoms with E-state index in [2.05, 4.69) is 10.6 Å². The van der Waals surface area contributed by atoms with Crippen LogP contribution in [0.3, 0.4) is 0 Å². The molecule has 0 bridgehead atoms. The van der Waals surface area contributed by atoms with Crippen LogP contribution in [0.25, 0.3) is 0 Å². The van der Waals surface area contributed by atoms with Crippen LogP contribution in [0.1, 0.15) is 19.3 Å². The van der Waals surface area contributed by atoms with Gasteiger partial charge in [0, 0.05) is 37.5 Å². The molecule has 0 radical (unpaired) electrons. The van der Waals surface area contributed by atoms with Crippen molar-refractivity contribution in [1.29, 1.82) is 0 Å². The summed E-state index contributed by atoms with van der Waals surface area (Å²) < 4.78 is 0. The first-order valence-electron chi connectivity index (χ1n) is 9.22. The molecule has 0 unspecified atom stereocenters. The largest absolute Gasteiger partial charge is 0.380 e. The molecule has 2 saturated heterocycles. The molecule has 156 valence electrons. The third-order valence-electron chi connectivity index (χ3n) is 5.57. The summed E-state index contributed by atoms with van der Waals surface area (Å²) in [5, 5.41) is 35.9. The summed E-state index contributed by atoms with van der Waals surface area (Å²) in [6.45, 7) is 1.11. The van der Waals surface area contributed by atoms with Crippen molar-refractivity contribution in [1.82, 2.24) is 10.2 Å². The van der Waals surface area contributed by atoms with Gasteiger partial charge in [-0.15, -0.1) is 0 Å². The van der Waals surface area contributed by atoms with Crippen LogP contribution in [0.5, 0.6) is 0 Å². The SMILES string of the molecule is O=C(Nc1ccc([N+](=O)[O-])cc1)[C@@H](O)[C@H](O)C(=O)N1CCC2(CCNC2=O)CC1. The number of piperidine rings is 1. The van der Waals surface area contributed by atoms with E-state index in [0.29, 0.717) is 25.8 Å². The van der Waals surface area contributed by atoms with Gasteiger partial charge in [0.2, 0.25) is 5.91 Å². The zero-order valence-corrected chi connectivity index (χ0v) is 15.5. The Morgan fingerprint density at radius 2 is 1.76 bits per heavy atom. The van der Waals surface area contributed by atoms with Crippen LogP contribution in [-0.2, 0) is 14.4 Å². The third kappa shape index (κ3) is 4.20. The maximum absolute atomic E-state index is 12.5. The highest BCUT2D eigenvalue weighted by molar-refractivity contribution is 5.98. The highest BCUT2D eigenvalue weighted by Crippen LogP contribution is 2.38. The smallest absolute Gasteiger partial charge is 0.269 e. The van der Waals surface area contributed by atoms with Crippen LogP contribution in [0.15, 0.2) is 24.3 Å². The zero-order chi connectivity index (χ0) is 21.2. The number of anilines is 1. The highest BCUT2D eigenvalue weighted by Gasteiger charge is 2.46. The molecule has 1 aromatic rings. The molecule has 2 aliphatic heterocycles. The second-order valence-corrected chi connectivity index (χ2v) is 7.29. The number of aliphatic hydroxyl groups is 2. The minimum atomic E-state index is -2.01. The number of nitrogens with zero attached hydrogens (tertiary/aromatic N) is 2. The van der Waals surface area contributed by atoms with E-state index in [1.165, 1.54) is 29.2 Å². The Balaban J connectivity index is 1.55. The monoisotopic (exact) mass is 406 g/mol. The molecule has 0 aromatic heterocycles. The van der Waals surface area contributed by atoms with Crippen molar-refractivity contribution in [3.63, 3.8) is 0 Å². The number of rotatable bonds is 5. The zero-order valence-electron chi connectivity index (χ0n) is 15.5. The maximum Gasteiger partial charge on any atom is 0.269 e. The van der Waals surface area contributed by atoms with Crippen molar-refractivity contribution in [3.8, 4) is 0 Å². The van der Waals surface area contributed by atoms with E-state index in [1.54, 1.807) is 0 Å². The number of hydrogen-bond donors (Lipinski definition) is 4. The van der Waals surface area contributed by atoms with Gasteiger partial charge in [-0.05, 0) is 31.4 Å². The van der Waals surface area contributed by atoms with Gasteiger partial charge in [-0.3, -0.25) is 24.5 Å². The van der Waals surface area contributed by atoms with Crippen LogP contribution in [0, 0.1) is 15.5 Å².